The van der Waals surface area contributed by atoms with Gasteiger partial charge in [-0.25, -0.2) is 4.79 Å². The molecular formula is C33H58O. The second kappa shape index (κ2) is 21.0. The Hall–Kier alpha value is -1.33. The lowest BCUT2D eigenvalue weighted by Gasteiger charge is -2.24. The summed E-state index contributed by atoms with van der Waals surface area (Å²) >= 11 is 0. The molecule has 0 saturated heterocycles. The summed E-state index contributed by atoms with van der Waals surface area (Å²) in [4.78, 5) is 11.3. The van der Waals surface area contributed by atoms with Gasteiger partial charge in [-0.3, -0.25) is 0 Å². The van der Waals surface area contributed by atoms with Crippen LogP contribution in [0.4, 0.5) is 0 Å². The van der Waals surface area contributed by atoms with Gasteiger partial charge in [-0.1, -0.05) is 111 Å². The van der Waals surface area contributed by atoms with E-state index in [4.69, 9.17) is 0 Å². The zero-order chi connectivity index (χ0) is 25.7. The van der Waals surface area contributed by atoms with E-state index in [1.807, 2.05) is 0 Å². The Kier molecular flexibility index (Phi) is 20.2. The highest BCUT2D eigenvalue weighted by Crippen LogP contribution is 2.29. The molecule has 0 aliphatic rings. The summed E-state index contributed by atoms with van der Waals surface area (Å²) in [5.74, 6) is 4.58. The monoisotopic (exact) mass is 470 g/mol. The van der Waals surface area contributed by atoms with Crippen LogP contribution in [0.25, 0.3) is 0 Å². The van der Waals surface area contributed by atoms with Gasteiger partial charge in [0.1, 0.15) is 5.94 Å². The maximum absolute atomic E-state index is 11.3. The summed E-state index contributed by atoms with van der Waals surface area (Å²) in [5, 5.41) is 0. The predicted molar refractivity (Wildman–Crippen MR) is 154 cm³/mol. The van der Waals surface area contributed by atoms with Crippen LogP contribution in [0, 0.1) is 23.2 Å². The summed E-state index contributed by atoms with van der Waals surface area (Å²) in [6.45, 7) is 16.4. The maximum Gasteiger partial charge on any atom is 0.123 e. The number of hydrogen-bond acceptors (Lipinski definition) is 1. The van der Waals surface area contributed by atoms with E-state index in [-0.39, 0.29) is 0 Å². The Morgan fingerprint density at radius 2 is 1.24 bits per heavy atom. The van der Waals surface area contributed by atoms with Crippen LogP contribution in [0.15, 0.2) is 42.0 Å². The average Bonchev–Trinajstić information content (AvgIpc) is 2.77. The lowest BCUT2D eigenvalue weighted by molar-refractivity contribution is 0.271. The summed E-state index contributed by atoms with van der Waals surface area (Å²) in [6.07, 6.45) is 29.8. The van der Waals surface area contributed by atoms with Gasteiger partial charge in [-0.2, -0.15) is 0 Å². The summed E-state index contributed by atoms with van der Waals surface area (Å²) in [5.41, 5.74) is 1.39. The Morgan fingerprint density at radius 1 is 0.706 bits per heavy atom. The van der Waals surface area contributed by atoms with Crippen LogP contribution in [-0.4, -0.2) is 5.94 Å². The standard InChI is InChI=1S/C33H58O/c1-29(2)22-18-14-12-10-8-9-11-13-15-20-24-32(28-34)25-21-17-16-19-23-30(3)31(4)26-27-33(5,6)7/h8-9,14-15,18,20,29-31H,10-13,16-17,19,21-27H2,1-7H3/b9-8+,18-14+,20-15+. The molecule has 2 unspecified atom stereocenters. The van der Waals surface area contributed by atoms with Crippen LogP contribution in [0.2, 0.25) is 0 Å². The van der Waals surface area contributed by atoms with Gasteiger partial charge in [-0.05, 0) is 87.4 Å². The van der Waals surface area contributed by atoms with Gasteiger partial charge >= 0.3 is 0 Å². The minimum absolute atomic E-state index is 0.453. The van der Waals surface area contributed by atoms with Crippen molar-refractivity contribution in [2.75, 3.05) is 0 Å². The number of allylic oxidation sites excluding steroid dienone is 7. The summed E-state index contributed by atoms with van der Waals surface area (Å²) < 4.78 is 0. The molecule has 0 rings (SSSR count). The van der Waals surface area contributed by atoms with Crippen LogP contribution in [-0.2, 0) is 4.79 Å². The van der Waals surface area contributed by atoms with E-state index in [0.717, 1.165) is 68.3 Å². The van der Waals surface area contributed by atoms with E-state index in [1.165, 1.54) is 44.9 Å². The van der Waals surface area contributed by atoms with Crippen molar-refractivity contribution in [2.45, 2.75) is 138 Å². The van der Waals surface area contributed by atoms with Crippen molar-refractivity contribution < 1.29 is 4.79 Å². The lowest BCUT2D eigenvalue weighted by atomic mass is 9.81. The van der Waals surface area contributed by atoms with E-state index in [2.05, 4.69) is 90.9 Å². The van der Waals surface area contributed by atoms with Gasteiger partial charge in [0.25, 0.3) is 0 Å². The van der Waals surface area contributed by atoms with Crippen molar-refractivity contribution in [1.29, 1.82) is 0 Å². The number of rotatable bonds is 20. The van der Waals surface area contributed by atoms with E-state index in [1.54, 1.807) is 0 Å². The molecule has 0 aliphatic carbocycles. The van der Waals surface area contributed by atoms with Crippen LogP contribution >= 0.6 is 0 Å². The van der Waals surface area contributed by atoms with Crippen LogP contribution in [0.5, 0.6) is 0 Å². The maximum atomic E-state index is 11.3. The molecule has 0 aliphatic heterocycles. The molecular weight excluding hydrogens is 412 g/mol. The van der Waals surface area contributed by atoms with Crippen molar-refractivity contribution in [2.24, 2.45) is 23.2 Å². The molecule has 0 spiro atoms. The molecule has 196 valence electrons. The highest BCUT2D eigenvalue weighted by Gasteiger charge is 2.16. The van der Waals surface area contributed by atoms with E-state index >= 15 is 0 Å². The lowest BCUT2D eigenvalue weighted by Crippen LogP contribution is -2.13. The molecule has 0 heterocycles. The van der Waals surface area contributed by atoms with E-state index in [9.17, 15) is 4.79 Å². The Balaban J connectivity index is 3.77. The fraction of sp³-hybridized carbons (Fsp3) is 0.758. The molecule has 0 aromatic rings. The third-order valence-electron chi connectivity index (χ3n) is 6.83. The van der Waals surface area contributed by atoms with E-state index in [0.29, 0.717) is 5.41 Å². The normalized spacial score (nSPS) is 14.5. The summed E-state index contributed by atoms with van der Waals surface area (Å²) in [6, 6.07) is 0. The Bertz CT molecular complexity index is 607. The zero-order valence-electron chi connectivity index (χ0n) is 24.0. The minimum Gasteiger partial charge on any atom is -0.234 e. The van der Waals surface area contributed by atoms with Crippen molar-refractivity contribution in [3.05, 3.63) is 42.0 Å². The Morgan fingerprint density at radius 3 is 1.79 bits per heavy atom. The highest BCUT2D eigenvalue weighted by atomic mass is 16.1. The first-order valence-corrected chi connectivity index (χ1v) is 14.3. The van der Waals surface area contributed by atoms with Crippen molar-refractivity contribution in [3.8, 4) is 0 Å². The van der Waals surface area contributed by atoms with Crippen LogP contribution in [0.1, 0.15) is 138 Å². The second-order valence-electron chi connectivity index (χ2n) is 12.1. The Labute approximate surface area is 214 Å². The first-order chi connectivity index (χ1) is 16.2. The van der Waals surface area contributed by atoms with Gasteiger partial charge in [0, 0.05) is 5.57 Å². The molecule has 0 aromatic carbocycles. The quantitative estimate of drug-likeness (QED) is 0.0982. The van der Waals surface area contributed by atoms with Crippen LogP contribution in [0.3, 0.4) is 0 Å². The van der Waals surface area contributed by atoms with E-state index < -0.39 is 0 Å². The molecule has 0 saturated carbocycles. The summed E-state index contributed by atoms with van der Waals surface area (Å²) in [7, 11) is 0. The van der Waals surface area contributed by atoms with Crippen LogP contribution < -0.4 is 0 Å². The van der Waals surface area contributed by atoms with Crippen molar-refractivity contribution in [3.63, 3.8) is 0 Å². The first kappa shape index (κ1) is 32.7. The predicted octanol–water partition coefficient (Wildman–Crippen LogP) is 10.8. The minimum atomic E-state index is 0.453. The third-order valence-corrected chi connectivity index (χ3v) is 6.83. The average molecular weight is 471 g/mol. The molecule has 0 N–H and O–H groups in total. The van der Waals surface area contributed by atoms with Gasteiger partial charge < -0.3 is 0 Å². The molecule has 1 nitrogen and oxygen atoms in total. The molecule has 0 fully saturated rings. The fourth-order valence-electron chi connectivity index (χ4n) is 4.03. The third kappa shape index (κ3) is 22.5. The van der Waals surface area contributed by atoms with Gasteiger partial charge in [-0.15, -0.1) is 0 Å². The largest absolute Gasteiger partial charge is 0.234 e. The number of unbranched alkanes of at least 4 members (excludes halogenated alkanes) is 5. The highest BCUT2D eigenvalue weighted by molar-refractivity contribution is 5.52. The van der Waals surface area contributed by atoms with Crippen molar-refractivity contribution >= 4 is 5.94 Å². The number of carbonyl (C=O) groups excluding carboxylic acids is 1. The molecule has 2 atom stereocenters. The molecule has 0 bridgehead atoms. The first-order valence-electron chi connectivity index (χ1n) is 14.3. The zero-order valence-corrected chi connectivity index (χ0v) is 24.0. The number of hydrogen-bond donors (Lipinski definition) is 0. The molecule has 1 heteroatoms. The molecule has 0 radical (unpaired) electrons. The second-order valence-corrected chi connectivity index (χ2v) is 12.1. The van der Waals surface area contributed by atoms with Gasteiger partial charge in [0.15, 0.2) is 0 Å². The fourth-order valence-corrected chi connectivity index (χ4v) is 4.03. The molecule has 0 amide bonds. The molecule has 0 aromatic heterocycles. The smallest absolute Gasteiger partial charge is 0.123 e. The molecule has 34 heavy (non-hydrogen) atoms. The van der Waals surface area contributed by atoms with Gasteiger partial charge in [0.05, 0.1) is 0 Å². The topological polar surface area (TPSA) is 17.1 Å². The SMILES string of the molecule is CC(C)C/C=C/CC/C=C/CC/C=C/CC(=C=O)CCCCCCC(C)C(C)CCC(C)(C)C. The van der Waals surface area contributed by atoms with Crippen molar-refractivity contribution in [1.82, 2.24) is 0 Å². The van der Waals surface area contributed by atoms with Gasteiger partial charge in [0.2, 0.25) is 0 Å².